The fraction of sp³-hybridized carbons (Fsp3) is 0.423. The van der Waals surface area contributed by atoms with E-state index in [1.807, 2.05) is 24.3 Å². The SMILES string of the molecule is O=C(O)CSCCNC(=O)C(CNC(=O)OCC1c2ccccc2-c2ccccc21)C1CCC1. The van der Waals surface area contributed by atoms with Crippen molar-refractivity contribution in [3.63, 3.8) is 0 Å². The number of thioether (sulfide) groups is 1. The van der Waals surface area contributed by atoms with Crippen molar-refractivity contribution >= 4 is 29.7 Å². The normalized spacial score (nSPS) is 15.5. The Bertz CT molecular complexity index is 994. The first kappa shape index (κ1) is 24.1. The molecule has 34 heavy (non-hydrogen) atoms. The van der Waals surface area contributed by atoms with Crippen LogP contribution in [0.4, 0.5) is 4.79 Å². The van der Waals surface area contributed by atoms with Crippen LogP contribution in [0, 0.1) is 11.8 Å². The molecular formula is C26H30N2O5S. The molecule has 7 nitrogen and oxygen atoms in total. The summed E-state index contributed by atoms with van der Waals surface area (Å²) in [5.74, 6) is -0.470. The van der Waals surface area contributed by atoms with E-state index in [0.29, 0.717) is 12.3 Å². The van der Waals surface area contributed by atoms with Crippen molar-refractivity contribution in [3.8, 4) is 11.1 Å². The van der Waals surface area contributed by atoms with E-state index in [-0.39, 0.29) is 42.6 Å². The number of carbonyl (C=O) groups is 3. The largest absolute Gasteiger partial charge is 0.481 e. The van der Waals surface area contributed by atoms with Gasteiger partial charge in [-0.05, 0) is 41.0 Å². The van der Waals surface area contributed by atoms with Gasteiger partial charge in [-0.15, -0.1) is 11.8 Å². The minimum Gasteiger partial charge on any atom is -0.481 e. The van der Waals surface area contributed by atoms with Gasteiger partial charge in [0.1, 0.15) is 6.61 Å². The second-order valence-corrected chi connectivity index (χ2v) is 9.85. The number of aliphatic carboxylic acids is 1. The lowest BCUT2D eigenvalue weighted by molar-refractivity contribution is -0.134. The third kappa shape index (κ3) is 5.73. The van der Waals surface area contributed by atoms with Gasteiger partial charge in [0, 0.05) is 24.8 Å². The summed E-state index contributed by atoms with van der Waals surface area (Å²) in [5.41, 5.74) is 4.67. The number of hydrogen-bond acceptors (Lipinski definition) is 5. The summed E-state index contributed by atoms with van der Waals surface area (Å²) in [6, 6.07) is 16.4. The number of benzene rings is 2. The zero-order valence-corrected chi connectivity index (χ0v) is 19.8. The molecule has 2 amide bonds. The summed E-state index contributed by atoms with van der Waals surface area (Å²) in [6.45, 7) is 0.876. The van der Waals surface area contributed by atoms with Crippen molar-refractivity contribution in [2.45, 2.75) is 25.2 Å². The maximum Gasteiger partial charge on any atom is 0.407 e. The Balaban J connectivity index is 1.27. The van der Waals surface area contributed by atoms with E-state index in [2.05, 4.69) is 34.9 Å². The van der Waals surface area contributed by atoms with Crippen LogP contribution in [0.15, 0.2) is 48.5 Å². The molecule has 1 fully saturated rings. The lowest BCUT2D eigenvalue weighted by atomic mass is 9.75. The molecule has 4 rings (SSSR count). The molecule has 2 aliphatic rings. The topological polar surface area (TPSA) is 105 Å². The van der Waals surface area contributed by atoms with Crippen LogP contribution in [0.25, 0.3) is 11.1 Å². The molecule has 0 spiro atoms. The molecule has 0 saturated heterocycles. The summed E-state index contributed by atoms with van der Waals surface area (Å²) in [5, 5.41) is 14.4. The highest BCUT2D eigenvalue weighted by molar-refractivity contribution is 7.99. The second kappa shape index (κ2) is 11.4. The van der Waals surface area contributed by atoms with Gasteiger partial charge >= 0.3 is 12.1 Å². The molecule has 0 aromatic heterocycles. The van der Waals surface area contributed by atoms with Gasteiger partial charge in [0.15, 0.2) is 0 Å². The number of alkyl carbamates (subject to hydrolysis) is 1. The zero-order valence-electron chi connectivity index (χ0n) is 19.0. The average molecular weight is 483 g/mol. The minimum absolute atomic E-state index is 0.00724. The van der Waals surface area contributed by atoms with E-state index < -0.39 is 12.1 Å². The molecule has 2 aromatic rings. The molecule has 1 saturated carbocycles. The summed E-state index contributed by atoms with van der Waals surface area (Å²) in [7, 11) is 0. The van der Waals surface area contributed by atoms with Gasteiger partial charge in [0.2, 0.25) is 5.91 Å². The third-order valence-electron chi connectivity index (χ3n) is 6.64. The first-order valence-corrected chi connectivity index (χ1v) is 12.9. The highest BCUT2D eigenvalue weighted by Gasteiger charge is 2.33. The molecule has 0 bridgehead atoms. The number of amides is 2. The average Bonchev–Trinajstić information content (AvgIpc) is 3.12. The Morgan fingerprint density at radius 3 is 2.24 bits per heavy atom. The Kier molecular flexibility index (Phi) is 8.11. The van der Waals surface area contributed by atoms with Crippen molar-refractivity contribution in [1.29, 1.82) is 0 Å². The number of ether oxygens (including phenoxy) is 1. The van der Waals surface area contributed by atoms with Crippen LogP contribution in [0.5, 0.6) is 0 Å². The Hall–Kier alpha value is -3.00. The Labute approximate surface area is 203 Å². The van der Waals surface area contributed by atoms with Crippen molar-refractivity contribution in [1.82, 2.24) is 10.6 Å². The van der Waals surface area contributed by atoms with Gasteiger partial charge < -0.3 is 20.5 Å². The smallest absolute Gasteiger partial charge is 0.407 e. The number of hydrogen-bond donors (Lipinski definition) is 3. The van der Waals surface area contributed by atoms with Crippen LogP contribution in [-0.4, -0.2) is 54.3 Å². The van der Waals surface area contributed by atoms with E-state index in [1.54, 1.807) is 0 Å². The Morgan fingerprint density at radius 1 is 1.00 bits per heavy atom. The highest BCUT2D eigenvalue weighted by atomic mass is 32.2. The van der Waals surface area contributed by atoms with Gasteiger partial charge in [-0.1, -0.05) is 55.0 Å². The Morgan fingerprint density at radius 2 is 1.65 bits per heavy atom. The summed E-state index contributed by atoms with van der Waals surface area (Å²) in [6.07, 6.45) is 2.51. The number of carboxylic acids is 1. The van der Waals surface area contributed by atoms with E-state index in [1.165, 1.54) is 22.9 Å². The molecule has 1 atom stereocenters. The van der Waals surface area contributed by atoms with Crippen LogP contribution in [0.1, 0.15) is 36.3 Å². The summed E-state index contributed by atoms with van der Waals surface area (Å²) < 4.78 is 5.60. The van der Waals surface area contributed by atoms with E-state index >= 15 is 0 Å². The molecular weight excluding hydrogens is 452 g/mol. The highest BCUT2D eigenvalue weighted by Crippen LogP contribution is 2.44. The second-order valence-electron chi connectivity index (χ2n) is 8.74. The summed E-state index contributed by atoms with van der Waals surface area (Å²) in [4.78, 5) is 35.8. The fourth-order valence-electron chi connectivity index (χ4n) is 4.70. The maximum atomic E-state index is 12.7. The van der Waals surface area contributed by atoms with Gasteiger partial charge in [-0.25, -0.2) is 4.79 Å². The van der Waals surface area contributed by atoms with Crippen LogP contribution < -0.4 is 10.6 Å². The first-order valence-electron chi connectivity index (χ1n) is 11.7. The molecule has 0 radical (unpaired) electrons. The number of nitrogens with one attached hydrogen (secondary N) is 2. The number of carbonyl (C=O) groups excluding carboxylic acids is 2. The van der Waals surface area contributed by atoms with E-state index in [4.69, 9.17) is 9.84 Å². The standard InChI is InChI=1S/C26H30N2O5S/c29-24(30)16-34-13-12-27-25(31)22(17-6-5-7-17)14-28-26(32)33-15-23-20-10-3-1-8-18(20)19-9-2-4-11-21(19)23/h1-4,8-11,17,22-23H,5-7,12-16H2,(H,27,31)(H,28,32)(H,29,30). The van der Waals surface area contributed by atoms with Crippen LogP contribution in [-0.2, 0) is 14.3 Å². The molecule has 0 heterocycles. The molecule has 2 aromatic carbocycles. The molecule has 3 N–H and O–H groups in total. The zero-order chi connectivity index (χ0) is 23.9. The van der Waals surface area contributed by atoms with Gasteiger partial charge in [-0.2, -0.15) is 0 Å². The maximum absolute atomic E-state index is 12.7. The van der Waals surface area contributed by atoms with Crippen molar-refractivity contribution in [3.05, 3.63) is 59.7 Å². The molecule has 1 unspecified atom stereocenters. The lowest BCUT2D eigenvalue weighted by Crippen LogP contribution is -2.45. The fourth-order valence-corrected chi connectivity index (χ4v) is 5.26. The van der Waals surface area contributed by atoms with Gasteiger partial charge in [-0.3, -0.25) is 9.59 Å². The van der Waals surface area contributed by atoms with E-state index in [0.717, 1.165) is 30.4 Å². The van der Waals surface area contributed by atoms with E-state index in [9.17, 15) is 14.4 Å². The predicted molar refractivity (Wildman–Crippen MR) is 132 cm³/mol. The number of rotatable bonds is 11. The van der Waals surface area contributed by atoms with Gasteiger partial charge in [0.25, 0.3) is 0 Å². The van der Waals surface area contributed by atoms with Crippen LogP contribution in [0.2, 0.25) is 0 Å². The van der Waals surface area contributed by atoms with Crippen LogP contribution in [0.3, 0.4) is 0 Å². The third-order valence-corrected chi connectivity index (χ3v) is 7.58. The molecule has 0 aliphatic heterocycles. The molecule has 2 aliphatic carbocycles. The summed E-state index contributed by atoms with van der Waals surface area (Å²) >= 11 is 1.27. The monoisotopic (exact) mass is 482 g/mol. The first-order chi connectivity index (χ1) is 16.5. The van der Waals surface area contributed by atoms with Crippen molar-refractivity contribution in [2.75, 3.05) is 31.2 Å². The quantitative estimate of drug-likeness (QED) is 0.420. The van der Waals surface area contributed by atoms with Gasteiger partial charge in [0.05, 0.1) is 11.7 Å². The number of fused-ring (bicyclic) bond motifs is 3. The number of carboxylic acid groups (broad SMARTS) is 1. The lowest BCUT2D eigenvalue weighted by Gasteiger charge is -2.33. The van der Waals surface area contributed by atoms with Crippen LogP contribution >= 0.6 is 11.8 Å². The predicted octanol–water partition coefficient (Wildman–Crippen LogP) is 3.88. The molecule has 8 heteroatoms. The van der Waals surface area contributed by atoms with Crippen molar-refractivity contribution in [2.24, 2.45) is 11.8 Å². The molecule has 180 valence electrons. The van der Waals surface area contributed by atoms with Crippen molar-refractivity contribution < 1.29 is 24.2 Å². The minimum atomic E-state index is -0.865.